The Balaban J connectivity index is 2.17. The van der Waals surface area contributed by atoms with E-state index in [9.17, 15) is 13.2 Å². The lowest BCUT2D eigenvalue weighted by Gasteiger charge is -2.19. The van der Waals surface area contributed by atoms with E-state index in [2.05, 4.69) is 25.5 Å². The van der Waals surface area contributed by atoms with E-state index in [4.69, 9.17) is 5.73 Å². The Labute approximate surface area is 142 Å². The van der Waals surface area contributed by atoms with Gasteiger partial charge in [-0.15, -0.1) is 0 Å². The number of primary amides is 1. The molecule has 128 valence electrons. The first-order chi connectivity index (χ1) is 11.1. The number of nitrogens with one attached hydrogen (secondary N) is 1. The molecule has 0 spiro atoms. The first kappa shape index (κ1) is 18.0. The van der Waals surface area contributed by atoms with E-state index in [1.54, 1.807) is 36.4 Å². The highest BCUT2D eigenvalue weighted by molar-refractivity contribution is 7.92. The van der Waals surface area contributed by atoms with Crippen LogP contribution in [0.5, 0.6) is 0 Å². The van der Waals surface area contributed by atoms with Crippen LogP contribution in [0.2, 0.25) is 0 Å². The Morgan fingerprint density at radius 2 is 1.54 bits per heavy atom. The van der Waals surface area contributed by atoms with Gasteiger partial charge in [0.2, 0.25) is 5.91 Å². The van der Waals surface area contributed by atoms with Crippen LogP contribution >= 0.6 is 0 Å². The summed E-state index contributed by atoms with van der Waals surface area (Å²) >= 11 is 0. The molecule has 0 unspecified atom stereocenters. The second kappa shape index (κ2) is 6.65. The largest absolute Gasteiger partial charge is 0.369 e. The van der Waals surface area contributed by atoms with Gasteiger partial charge in [-0.3, -0.25) is 9.52 Å². The molecule has 0 aromatic heterocycles. The van der Waals surface area contributed by atoms with Gasteiger partial charge in [-0.05, 0) is 40.8 Å². The van der Waals surface area contributed by atoms with Gasteiger partial charge in [0, 0.05) is 5.69 Å². The first-order valence-electron chi connectivity index (χ1n) is 7.58. The van der Waals surface area contributed by atoms with Crippen LogP contribution in [0.15, 0.2) is 53.4 Å². The van der Waals surface area contributed by atoms with Gasteiger partial charge in [0.05, 0.1) is 11.3 Å². The van der Waals surface area contributed by atoms with Crippen molar-refractivity contribution in [3.05, 3.63) is 59.7 Å². The summed E-state index contributed by atoms with van der Waals surface area (Å²) in [5.41, 5.74) is 7.33. The molecule has 0 radical (unpaired) electrons. The van der Waals surface area contributed by atoms with Crippen molar-refractivity contribution in [2.75, 3.05) is 4.72 Å². The molecule has 1 amide bonds. The van der Waals surface area contributed by atoms with Crippen LogP contribution in [0, 0.1) is 0 Å². The predicted octanol–water partition coefficient (Wildman–Crippen LogP) is 2.81. The molecule has 0 fully saturated rings. The van der Waals surface area contributed by atoms with Crippen LogP contribution in [0.1, 0.15) is 31.9 Å². The minimum Gasteiger partial charge on any atom is -0.369 e. The highest BCUT2D eigenvalue weighted by atomic mass is 32.2. The maximum absolute atomic E-state index is 12.4. The van der Waals surface area contributed by atoms with Crippen molar-refractivity contribution >= 4 is 21.6 Å². The predicted molar refractivity (Wildman–Crippen MR) is 95.3 cm³/mol. The summed E-state index contributed by atoms with van der Waals surface area (Å²) < 4.78 is 27.4. The van der Waals surface area contributed by atoms with E-state index >= 15 is 0 Å². The molecule has 3 N–H and O–H groups in total. The van der Waals surface area contributed by atoms with Gasteiger partial charge >= 0.3 is 0 Å². The highest BCUT2D eigenvalue weighted by Gasteiger charge is 2.17. The third-order valence-corrected chi connectivity index (χ3v) is 5.01. The Morgan fingerprint density at radius 3 is 2.00 bits per heavy atom. The van der Waals surface area contributed by atoms with Crippen LogP contribution in [-0.2, 0) is 26.7 Å². The summed E-state index contributed by atoms with van der Waals surface area (Å²) in [4.78, 5) is 11.1. The number of anilines is 1. The Morgan fingerprint density at radius 1 is 1.00 bits per heavy atom. The van der Waals surface area contributed by atoms with Gasteiger partial charge in [0.15, 0.2) is 0 Å². The number of sulfonamides is 1. The molecule has 0 bridgehead atoms. The van der Waals surface area contributed by atoms with Crippen LogP contribution in [-0.4, -0.2) is 14.3 Å². The standard InChI is InChI=1S/C18H22N2O3S/c1-18(2,3)14-6-10-16(11-7-14)24(22,23)20-15-8-4-13(5-9-15)12-17(19)21/h4-11,20H,12H2,1-3H3,(H2,19,21). The molecule has 0 atom stereocenters. The zero-order valence-corrected chi connectivity index (χ0v) is 14.9. The zero-order valence-electron chi connectivity index (χ0n) is 14.0. The smallest absolute Gasteiger partial charge is 0.261 e. The minimum atomic E-state index is -3.65. The molecule has 2 rings (SSSR count). The fourth-order valence-corrected chi connectivity index (χ4v) is 3.30. The number of hydrogen-bond acceptors (Lipinski definition) is 3. The first-order valence-corrected chi connectivity index (χ1v) is 9.07. The Hall–Kier alpha value is -2.34. The Bertz CT molecular complexity index is 818. The summed E-state index contributed by atoms with van der Waals surface area (Å²) in [7, 11) is -3.65. The topological polar surface area (TPSA) is 89.3 Å². The van der Waals surface area contributed by atoms with Gasteiger partial charge in [0.1, 0.15) is 0 Å². The van der Waals surface area contributed by atoms with Crippen molar-refractivity contribution in [2.24, 2.45) is 5.73 Å². The number of rotatable bonds is 5. The van der Waals surface area contributed by atoms with Crippen LogP contribution < -0.4 is 10.5 Å². The van der Waals surface area contributed by atoms with Gasteiger partial charge in [-0.1, -0.05) is 45.0 Å². The maximum atomic E-state index is 12.4. The molecule has 5 nitrogen and oxygen atoms in total. The van der Waals surface area contributed by atoms with Crippen molar-refractivity contribution < 1.29 is 13.2 Å². The normalized spacial score (nSPS) is 12.0. The van der Waals surface area contributed by atoms with Gasteiger partial charge in [0.25, 0.3) is 10.0 Å². The van der Waals surface area contributed by atoms with E-state index in [-0.39, 0.29) is 16.7 Å². The third kappa shape index (κ3) is 4.58. The molecule has 2 aromatic carbocycles. The fraction of sp³-hybridized carbons (Fsp3) is 0.278. The number of carbonyl (C=O) groups is 1. The summed E-state index contributed by atoms with van der Waals surface area (Å²) in [5, 5.41) is 0. The van der Waals surface area contributed by atoms with Crippen molar-refractivity contribution in [1.82, 2.24) is 0 Å². The van der Waals surface area contributed by atoms with E-state index in [0.717, 1.165) is 11.1 Å². The number of hydrogen-bond donors (Lipinski definition) is 2. The Kier molecular flexibility index (Phi) is 4.99. The summed E-state index contributed by atoms with van der Waals surface area (Å²) in [6.45, 7) is 6.22. The molecule has 24 heavy (non-hydrogen) atoms. The second-order valence-corrected chi connectivity index (χ2v) is 8.40. The molecule has 0 aliphatic rings. The lowest BCUT2D eigenvalue weighted by molar-refractivity contribution is -0.117. The van der Waals surface area contributed by atoms with Gasteiger partial charge in [-0.2, -0.15) is 0 Å². The van der Waals surface area contributed by atoms with Crippen molar-refractivity contribution in [2.45, 2.75) is 37.5 Å². The van der Waals surface area contributed by atoms with Crippen molar-refractivity contribution in [3.63, 3.8) is 0 Å². The fourth-order valence-electron chi connectivity index (χ4n) is 2.24. The van der Waals surface area contributed by atoms with E-state index in [1.165, 1.54) is 0 Å². The molecule has 0 saturated heterocycles. The summed E-state index contributed by atoms with van der Waals surface area (Å²) in [5.74, 6) is -0.428. The lowest BCUT2D eigenvalue weighted by Crippen LogP contribution is -2.15. The van der Waals surface area contributed by atoms with Gasteiger partial charge < -0.3 is 5.73 Å². The van der Waals surface area contributed by atoms with Crippen LogP contribution in [0.4, 0.5) is 5.69 Å². The van der Waals surface area contributed by atoms with Crippen LogP contribution in [0.3, 0.4) is 0 Å². The molecule has 0 heterocycles. The SMILES string of the molecule is CC(C)(C)c1ccc(S(=O)(=O)Nc2ccc(CC(N)=O)cc2)cc1. The van der Waals surface area contributed by atoms with E-state index in [1.807, 2.05) is 12.1 Å². The quantitative estimate of drug-likeness (QED) is 0.872. The molecular weight excluding hydrogens is 324 g/mol. The van der Waals surface area contributed by atoms with Gasteiger partial charge in [-0.25, -0.2) is 8.42 Å². The number of carbonyl (C=O) groups excluding carboxylic acids is 1. The molecule has 6 heteroatoms. The number of nitrogens with two attached hydrogens (primary N) is 1. The molecular formula is C18H22N2O3S. The number of amides is 1. The highest BCUT2D eigenvalue weighted by Crippen LogP contribution is 2.24. The average molecular weight is 346 g/mol. The third-order valence-electron chi connectivity index (χ3n) is 3.62. The van der Waals surface area contributed by atoms with E-state index < -0.39 is 15.9 Å². The lowest BCUT2D eigenvalue weighted by atomic mass is 9.87. The van der Waals surface area contributed by atoms with Crippen LogP contribution in [0.25, 0.3) is 0 Å². The molecule has 0 saturated carbocycles. The average Bonchev–Trinajstić information content (AvgIpc) is 2.48. The van der Waals surface area contributed by atoms with Crippen molar-refractivity contribution in [1.29, 1.82) is 0 Å². The number of benzene rings is 2. The second-order valence-electron chi connectivity index (χ2n) is 6.72. The summed E-state index contributed by atoms with van der Waals surface area (Å²) in [6, 6.07) is 13.4. The zero-order chi connectivity index (χ0) is 18.0. The molecule has 0 aliphatic carbocycles. The monoisotopic (exact) mass is 346 g/mol. The maximum Gasteiger partial charge on any atom is 0.261 e. The van der Waals surface area contributed by atoms with Crippen molar-refractivity contribution in [3.8, 4) is 0 Å². The van der Waals surface area contributed by atoms with E-state index in [0.29, 0.717) is 5.69 Å². The minimum absolute atomic E-state index is 0.0357. The summed E-state index contributed by atoms with van der Waals surface area (Å²) in [6.07, 6.45) is 0.126. The molecule has 0 aliphatic heterocycles. The molecule has 2 aromatic rings.